The van der Waals surface area contributed by atoms with Crippen LogP contribution in [0.4, 0.5) is 16.3 Å². The van der Waals surface area contributed by atoms with E-state index in [2.05, 4.69) is 30.5 Å². The van der Waals surface area contributed by atoms with Crippen LogP contribution in [-0.4, -0.2) is 113 Å². The summed E-state index contributed by atoms with van der Waals surface area (Å²) in [6, 6.07) is 7.11. The minimum atomic E-state index is -0.833. The molecule has 0 saturated carbocycles. The standard InChI is InChI=1S/C20H31ClN4O4.C15H21ClN4O.C2H4O2.CH4/c1-20(2,3)29-19(27)25-11-5-7-14(13-25)18(26)23-15-8-9-16(21)24-17(15)22-10-6-12-28-4;1-21-9-3-8-20-14(11-4-2-7-17-10-11)18-12-5-6-13(16)19-15(12)20;1-2(3)4;/h8-9,14H,5-7,10-13H2,1-4H3,(H,22,24)(H,23,26);5-6,11,17H,2-4,7-10H2,1H3;1H3,(H,3,4);1H4/t14-;;;/m1.../s1. The van der Waals surface area contributed by atoms with E-state index >= 15 is 0 Å². The lowest BCUT2D eigenvalue weighted by Gasteiger charge is -2.33. The van der Waals surface area contributed by atoms with Crippen molar-refractivity contribution in [2.75, 3.05) is 70.8 Å². The highest BCUT2D eigenvalue weighted by molar-refractivity contribution is 6.30. The number of imidazole rings is 1. The van der Waals surface area contributed by atoms with Crippen molar-refractivity contribution in [2.45, 2.75) is 91.7 Å². The average molecular weight is 812 g/mol. The van der Waals surface area contributed by atoms with Crippen LogP contribution >= 0.6 is 23.2 Å². The van der Waals surface area contributed by atoms with Gasteiger partial charge in [-0.3, -0.25) is 9.59 Å². The van der Waals surface area contributed by atoms with Crippen LogP contribution in [0.25, 0.3) is 11.2 Å². The number of hydrogen-bond acceptors (Lipinski definition) is 11. The first-order valence-corrected chi connectivity index (χ1v) is 19.1. The lowest BCUT2D eigenvalue weighted by Crippen LogP contribution is -2.45. The first kappa shape index (κ1) is 47.4. The van der Waals surface area contributed by atoms with Gasteiger partial charge in [-0.25, -0.2) is 19.7 Å². The van der Waals surface area contributed by atoms with Crippen LogP contribution in [0.5, 0.6) is 0 Å². The summed E-state index contributed by atoms with van der Waals surface area (Å²) in [6.07, 6.45) is 5.19. The van der Waals surface area contributed by atoms with Crippen molar-refractivity contribution < 1.29 is 33.7 Å². The predicted octanol–water partition coefficient (Wildman–Crippen LogP) is 7.08. The van der Waals surface area contributed by atoms with Crippen molar-refractivity contribution in [1.29, 1.82) is 0 Å². The third-order valence-corrected chi connectivity index (χ3v) is 8.78. The molecule has 2 amide bonds. The van der Waals surface area contributed by atoms with Gasteiger partial charge in [-0.1, -0.05) is 30.6 Å². The zero-order valence-electron chi connectivity index (χ0n) is 32.3. The molecule has 0 radical (unpaired) electrons. The molecule has 1 unspecified atom stereocenters. The molecule has 2 aliphatic heterocycles. The van der Waals surface area contributed by atoms with Crippen molar-refractivity contribution in [3.05, 3.63) is 40.4 Å². The number of halogens is 2. The molecular formula is C38H60Cl2N8O7. The number of carbonyl (C=O) groups excluding carboxylic acids is 2. The highest BCUT2D eigenvalue weighted by Crippen LogP contribution is 2.28. The first-order valence-electron chi connectivity index (χ1n) is 18.3. The lowest BCUT2D eigenvalue weighted by atomic mass is 9.97. The minimum absolute atomic E-state index is 0. The van der Waals surface area contributed by atoms with Gasteiger partial charge in [-0.15, -0.1) is 0 Å². The Morgan fingerprint density at radius 3 is 2.31 bits per heavy atom. The molecule has 3 aromatic heterocycles. The van der Waals surface area contributed by atoms with Gasteiger partial charge in [0.1, 0.15) is 27.2 Å². The van der Waals surface area contributed by atoms with Crippen molar-refractivity contribution in [1.82, 2.24) is 29.7 Å². The Kier molecular flexibility index (Phi) is 20.7. The second kappa shape index (κ2) is 24.0. The summed E-state index contributed by atoms with van der Waals surface area (Å²) in [5.41, 5.74) is 1.81. The van der Waals surface area contributed by atoms with E-state index < -0.39 is 11.6 Å². The van der Waals surface area contributed by atoms with E-state index in [1.807, 2.05) is 26.8 Å². The molecule has 17 heteroatoms. The number of aromatic nitrogens is 4. The SMILES string of the molecule is C.CC(=O)O.COCCCNc1nc(Cl)ccc1NC(=O)[C@@H]1CCCN(C(=O)OC(C)(C)C)C1.COCCCn1c(C2CCCNC2)nc2ccc(Cl)nc21. The van der Waals surface area contributed by atoms with Gasteiger partial charge in [0, 0.05) is 73.0 Å². The molecule has 0 bridgehead atoms. The number of piperidine rings is 2. The summed E-state index contributed by atoms with van der Waals surface area (Å²) in [5, 5.41) is 17.8. The number of aryl methyl sites for hydroxylation is 1. The van der Waals surface area contributed by atoms with Crippen molar-refractivity contribution >= 4 is 63.8 Å². The number of carboxylic acids is 1. The number of amides is 2. The molecule has 2 saturated heterocycles. The fourth-order valence-corrected chi connectivity index (χ4v) is 6.27. The van der Waals surface area contributed by atoms with E-state index in [-0.39, 0.29) is 25.3 Å². The van der Waals surface area contributed by atoms with Crippen LogP contribution in [0.3, 0.4) is 0 Å². The molecule has 2 aliphatic rings. The van der Waals surface area contributed by atoms with Crippen molar-refractivity contribution in [3.63, 3.8) is 0 Å². The number of methoxy groups -OCH3 is 2. The van der Waals surface area contributed by atoms with Crippen molar-refractivity contribution in [3.8, 4) is 0 Å². The Balaban J connectivity index is 0.000000353. The Morgan fingerprint density at radius 2 is 1.65 bits per heavy atom. The molecule has 308 valence electrons. The number of rotatable bonds is 12. The maximum Gasteiger partial charge on any atom is 0.410 e. The van der Waals surface area contributed by atoms with E-state index in [4.69, 9.17) is 52.3 Å². The highest BCUT2D eigenvalue weighted by Gasteiger charge is 2.31. The van der Waals surface area contributed by atoms with Gasteiger partial charge in [-0.05, 0) is 90.1 Å². The maximum absolute atomic E-state index is 12.8. The summed E-state index contributed by atoms with van der Waals surface area (Å²) in [5.74, 6) is 0.801. The Labute approximate surface area is 335 Å². The monoisotopic (exact) mass is 810 g/mol. The van der Waals surface area contributed by atoms with Crippen LogP contribution in [0.2, 0.25) is 10.3 Å². The molecule has 15 nitrogen and oxygen atoms in total. The number of nitrogens with zero attached hydrogens (tertiary/aromatic N) is 5. The number of nitrogens with one attached hydrogen (secondary N) is 3. The van der Waals surface area contributed by atoms with Gasteiger partial charge >= 0.3 is 6.09 Å². The van der Waals surface area contributed by atoms with E-state index in [0.29, 0.717) is 60.4 Å². The van der Waals surface area contributed by atoms with Gasteiger partial charge in [-0.2, -0.15) is 0 Å². The van der Waals surface area contributed by atoms with E-state index in [1.165, 1.54) is 12.8 Å². The molecule has 0 aliphatic carbocycles. The largest absolute Gasteiger partial charge is 0.481 e. The van der Waals surface area contributed by atoms with Gasteiger partial charge in [0.2, 0.25) is 5.91 Å². The van der Waals surface area contributed by atoms with Gasteiger partial charge in [0.05, 0.1) is 11.6 Å². The molecule has 0 spiro atoms. The molecule has 2 atom stereocenters. The number of aliphatic carboxylic acids is 1. The number of carbonyl (C=O) groups is 3. The van der Waals surface area contributed by atoms with Crippen molar-refractivity contribution in [2.24, 2.45) is 5.92 Å². The van der Waals surface area contributed by atoms with Crippen LogP contribution in [-0.2, 0) is 30.3 Å². The molecule has 3 aromatic rings. The lowest BCUT2D eigenvalue weighted by molar-refractivity contribution is -0.134. The number of ether oxygens (including phenoxy) is 3. The Bertz CT molecular complexity index is 1640. The first-order chi connectivity index (χ1) is 25.7. The number of hydrogen-bond donors (Lipinski definition) is 4. The summed E-state index contributed by atoms with van der Waals surface area (Å²) in [4.78, 5) is 49.3. The zero-order valence-corrected chi connectivity index (χ0v) is 33.8. The highest BCUT2D eigenvalue weighted by atomic mass is 35.5. The van der Waals surface area contributed by atoms with Gasteiger partial charge < -0.3 is 44.7 Å². The topological polar surface area (TPSA) is 182 Å². The van der Waals surface area contributed by atoms with E-state index in [1.54, 1.807) is 37.3 Å². The fourth-order valence-electron chi connectivity index (χ4n) is 5.98. The molecule has 2 fully saturated rings. The minimum Gasteiger partial charge on any atom is -0.481 e. The predicted molar refractivity (Wildman–Crippen MR) is 217 cm³/mol. The fraction of sp³-hybridized carbons (Fsp3) is 0.632. The quantitative estimate of drug-likeness (QED) is 0.108. The zero-order chi connectivity index (χ0) is 39.7. The second-order valence-electron chi connectivity index (χ2n) is 14.1. The summed E-state index contributed by atoms with van der Waals surface area (Å²) < 4.78 is 17.9. The molecule has 5 heterocycles. The molecule has 55 heavy (non-hydrogen) atoms. The molecule has 0 aromatic carbocycles. The average Bonchev–Trinajstić information content (AvgIpc) is 3.48. The van der Waals surface area contributed by atoms with Crippen LogP contribution in [0.1, 0.15) is 85.4 Å². The summed E-state index contributed by atoms with van der Waals surface area (Å²) in [7, 11) is 3.38. The molecular weight excluding hydrogens is 751 g/mol. The van der Waals surface area contributed by atoms with Gasteiger partial charge in [0.15, 0.2) is 11.5 Å². The van der Waals surface area contributed by atoms with Gasteiger partial charge in [0.25, 0.3) is 5.97 Å². The van der Waals surface area contributed by atoms with Crippen LogP contribution in [0.15, 0.2) is 24.3 Å². The van der Waals surface area contributed by atoms with E-state index in [9.17, 15) is 9.59 Å². The van der Waals surface area contributed by atoms with Crippen LogP contribution in [0, 0.1) is 5.92 Å². The Hall–Kier alpha value is -3.76. The number of carboxylic acid groups (broad SMARTS) is 1. The number of fused-ring (bicyclic) bond motifs is 1. The summed E-state index contributed by atoms with van der Waals surface area (Å²) >= 11 is 12.1. The molecule has 4 N–H and O–H groups in total. The number of anilines is 2. The smallest absolute Gasteiger partial charge is 0.410 e. The number of pyridine rings is 2. The maximum atomic E-state index is 12.8. The number of likely N-dealkylation sites (tertiary alicyclic amines) is 1. The normalized spacial score (nSPS) is 16.8. The second-order valence-corrected chi connectivity index (χ2v) is 14.8. The third-order valence-electron chi connectivity index (χ3n) is 8.36. The summed E-state index contributed by atoms with van der Waals surface area (Å²) in [6.45, 7) is 12.4. The molecule has 5 rings (SSSR count). The van der Waals surface area contributed by atoms with E-state index in [0.717, 1.165) is 69.4 Å². The van der Waals surface area contributed by atoms with Crippen LogP contribution < -0.4 is 16.0 Å². The Morgan fingerprint density at radius 1 is 0.982 bits per heavy atom. The third kappa shape index (κ3) is 16.5.